The number of nitro groups is 1. The fraction of sp³-hybridized carbons (Fsp3) is 0.304. The number of pyridine rings is 2. The van der Waals surface area contributed by atoms with E-state index in [0.29, 0.717) is 30.3 Å². The summed E-state index contributed by atoms with van der Waals surface area (Å²) in [5, 5.41) is 26.9. The van der Waals surface area contributed by atoms with Crippen LogP contribution in [0.25, 0.3) is 0 Å². The van der Waals surface area contributed by atoms with Gasteiger partial charge in [0.1, 0.15) is 11.6 Å². The lowest BCUT2D eigenvalue weighted by molar-refractivity contribution is -0.384. The van der Waals surface area contributed by atoms with Crippen LogP contribution in [0, 0.1) is 21.8 Å². The first-order valence-corrected chi connectivity index (χ1v) is 10.7. The summed E-state index contributed by atoms with van der Waals surface area (Å²) in [5.41, 5.74) is 1.58. The van der Waals surface area contributed by atoms with Crippen LogP contribution in [-0.2, 0) is 6.54 Å². The number of nitrogens with zero attached hydrogens (tertiary/aromatic N) is 4. The summed E-state index contributed by atoms with van der Waals surface area (Å²) in [4.78, 5) is 21.2. The minimum atomic E-state index is -0.532. The fourth-order valence-corrected chi connectivity index (χ4v) is 3.89. The van der Waals surface area contributed by atoms with E-state index >= 15 is 0 Å². The number of aromatic nitrogens is 2. The Morgan fingerprint density at radius 1 is 1.21 bits per heavy atom. The Morgan fingerprint density at radius 3 is 2.76 bits per heavy atom. The van der Waals surface area contributed by atoms with Crippen molar-refractivity contribution in [3.63, 3.8) is 0 Å². The highest BCUT2D eigenvalue weighted by molar-refractivity contribution is 5.69. The summed E-state index contributed by atoms with van der Waals surface area (Å²) >= 11 is 0. The lowest BCUT2D eigenvalue weighted by Gasteiger charge is -2.33. The van der Waals surface area contributed by atoms with E-state index in [4.69, 9.17) is 0 Å². The van der Waals surface area contributed by atoms with Gasteiger partial charge in [-0.05, 0) is 60.7 Å². The number of nitrogens with one attached hydrogen (secondary N) is 2. The van der Waals surface area contributed by atoms with Gasteiger partial charge in [-0.2, -0.15) is 0 Å². The predicted molar refractivity (Wildman–Crippen MR) is 124 cm³/mol. The van der Waals surface area contributed by atoms with Crippen molar-refractivity contribution in [3.05, 3.63) is 76.4 Å². The lowest BCUT2D eigenvalue weighted by Crippen LogP contribution is -2.37. The Bertz CT molecular complexity index is 1110. The molecule has 3 heterocycles. The molecule has 1 atom stereocenters. The molecule has 172 valence electrons. The maximum atomic E-state index is 14.9. The molecular weight excluding hydrogens is 427 g/mol. The van der Waals surface area contributed by atoms with Crippen molar-refractivity contribution in [1.29, 1.82) is 0 Å². The molecule has 1 fully saturated rings. The smallest absolute Gasteiger partial charge is 0.311 e. The summed E-state index contributed by atoms with van der Waals surface area (Å²) in [7, 11) is 0. The molecule has 4 rings (SSSR count). The molecule has 3 aromatic rings. The number of anilines is 4. The lowest BCUT2D eigenvalue weighted by atomic mass is 9.98. The van der Waals surface area contributed by atoms with E-state index in [9.17, 15) is 19.6 Å². The Kier molecular flexibility index (Phi) is 6.94. The average Bonchev–Trinajstić information content (AvgIpc) is 2.83. The van der Waals surface area contributed by atoms with Crippen LogP contribution < -0.4 is 15.5 Å². The zero-order valence-corrected chi connectivity index (χ0v) is 17.9. The first kappa shape index (κ1) is 22.4. The van der Waals surface area contributed by atoms with Gasteiger partial charge in [-0.15, -0.1) is 0 Å². The van der Waals surface area contributed by atoms with E-state index in [1.807, 2.05) is 17.0 Å². The number of hydrogen-bond acceptors (Lipinski definition) is 8. The monoisotopic (exact) mass is 452 g/mol. The topological polar surface area (TPSA) is 116 Å². The van der Waals surface area contributed by atoms with Gasteiger partial charge in [-0.1, -0.05) is 0 Å². The number of aliphatic hydroxyl groups is 1. The molecule has 33 heavy (non-hydrogen) atoms. The number of aliphatic hydroxyl groups excluding tert-OH is 1. The molecule has 0 amide bonds. The molecule has 1 saturated heterocycles. The van der Waals surface area contributed by atoms with Crippen LogP contribution in [0.15, 0.2) is 54.9 Å². The van der Waals surface area contributed by atoms with E-state index in [0.717, 1.165) is 24.9 Å². The van der Waals surface area contributed by atoms with Crippen molar-refractivity contribution in [2.45, 2.75) is 19.4 Å². The minimum absolute atomic E-state index is 0.0187. The SMILES string of the molecule is O=[N+]([O-])c1ccc(NCc2ccncc2)nc1Nc1ccc(N2CCCC(CO)C2)c(F)c1. The van der Waals surface area contributed by atoms with Crippen LogP contribution in [0.1, 0.15) is 18.4 Å². The van der Waals surface area contributed by atoms with Gasteiger partial charge in [0, 0.05) is 50.4 Å². The Hall–Kier alpha value is -3.79. The zero-order valence-electron chi connectivity index (χ0n) is 17.9. The van der Waals surface area contributed by atoms with Crippen molar-refractivity contribution in [2.24, 2.45) is 5.92 Å². The molecule has 9 nitrogen and oxygen atoms in total. The average molecular weight is 452 g/mol. The van der Waals surface area contributed by atoms with Crippen molar-refractivity contribution in [1.82, 2.24) is 9.97 Å². The molecule has 10 heteroatoms. The molecule has 0 aliphatic carbocycles. The molecule has 0 spiro atoms. The number of halogens is 1. The van der Waals surface area contributed by atoms with Crippen molar-refractivity contribution < 1.29 is 14.4 Å². The third-order valence-electron chi connectivity index (χ3n) is 5.62. The molecule has 0 radical (unpaired) electrons. The second-order valence-electron chi connectivity index (χ2n) is 7.96. The van der Waals surface area contributed by atoms with Crippen LogP contribution in [0.2, 0.25) is 0 Å². The maximum Gasteiger partial charge on any atom is 0.311 e. The van der Waals surface area contributed by atoms with Crippen molar-refractivity contribution in [2.75, 3.05) is 35.2 Å². The van der Waals surface area contributed by atoms with E-state index in [2.05, 4.69) is 20.6 Å². The third kappa shape index (κ3) is 5.53. The van der Waals surface area contributed by atoms with Gasteiger partial charge in [0.15, 0.2) is 0 Å². The zero-order chi connectivity index (χ0) is 23.2. The van der Waals surface area contributed by atoms with E-state index in [-0.39, 0.29) is 24.0 Å². The van der Waals surface area contributed by atoms with Crippen LogP contribution in [0.5, 0.6) is 0 Å². The molecule has 1 aromatic carbocycles. The molecular formula is C23H25FN6O3. The highest BCUT2D eigenvalue weighted by Crippen LogP contribution is 2.31. The molecule has 2 aromatic heterocycles. The van der Waals surface area contributed by atoms with E-state index in [1.54, 1.807) is 24.5 Å². The Balaban J connectivity index is 1.52. The predicted octanol–water partition coefficient (Wildman–Crippen LogP) is 4.09. The number of benzene rings is 1. The van der Waals surface area contributed by atoms with Gasteiger partial charge in [0.25, 0.3) is 0 Å². The maximum absolute atomic E-state index is 14.9. The van der Waals surface area contributed by atoms with E-state index in [1.165, 1.54) is 18.2 Å². The van der Waals surface area contributed by atoms with Crippen LogP contribution >= 0.6 is 0 Å². The molecule has 0 saturated carbocycles. The Morgan fingerprint density at radius 2 is 2.03 bits per heavy atom. The highest BCUT2D eigenvalue weighted by atomic mass is 19.1. The Labute approximate surface area is 190 Å². The third-order valence-corrected chi connectivity index (χ3v) is 5.62. The summed E-state index contributed by atoms with van der Waals surface area (Å²) < 4.78 is 14.9. The molecule has 3 N–H and O–H groups in total. The van der Waals surface area contributed by atoms with Crippen molar-refractivity contribution >= 4 is 28.7 Å². The van der Waals surface area contributed by atoms with Gasteiger partial charge in [0.05, 0.1) is 10.6 Å². The summed E-state index contributed by atoms with van der Waals surface area (Å²) in [5.74, 6) is 0.156. The molecule has 1 unspecified atom stereocenters. The van der Waals surface area contributed by atoms with E-state index < -0.39 is 10.7 Å². The summed E-state index contributed by atoms with van der Waals surface area (Å²) in [6.45, 7) is 1.87. The van der Waals surface area contributed by atoms with Gasteiger partial charge >= 0.3 is 5.69 Å². The fourth-order valence-electron chi connectivity index (χ4n) is 3.89. The van der Waals surface area contributed by atoms with Gasteiger partial charge < -0.3 is 20.6 Å². The molecule has 1 aliphatic rings. The second-order valence-corrected chi connectivity index (χ2v) is 7.96. The second kappa shape index (κ2) is 10.2. The minimum Gasteiger partial charge on any atom is -0.396 e. The summed E-state index contributed by atoms with van der Waals surface area (Å²) in [6.07, 6.45) is 5.17. The number of hydrogen-bond donors (Lipinski definition) is 3. The van der Waals surface area contributed by atoms with Crippen LogP contribution in [0.3, 0.4) is 0 Å². The van der Waals surface area contributed by atoms with Crippen LogP contribution in [0.4, 0.5) is 33.1 Å². The number of rotatable bonds is 8. The number of piperidine rings is 1. The van der Waals surface area contributed by atoms with Crippen LogP contribution in [-0.4, -0.2) is 39.7 Å². The highest BCUT2D eigenvalue weighted by Gasteiger charge is 2.22. The largest absolute Gasteiger partial charge is 0.396 e. The normalized spacial score (nSPS) is 15.8. The van der Waals surface area contributed by atoms with Gasteiger partial charge in [-0.3, -0.25) is 15.1 Å². The van der Waals surface area contributed by atoms with Gasteiger partial charge in [-0.25, -0.2) is 9.37 Å². The standard InChI is InChI=1S/C23H25FN6O3/c24-19-12-18(3-4-20(19)29-11-1-2-17(14-29)15-31)27-23-21(30(32)33)5-6-22(28-23)26-13-16-7-9-25-10-8-16/h3-10,12,17,31H,1-2,11,13-15H2,(H2,26,27,28). The van der Waals surface area contributed by atoms with Gasteiger partial charge in [0.2, 0.25) is 5.82 Å². The summed E-state index contributed by atoms with van der Waals surface area (Å²) in [6, 6.07) is 11.2. The van der Waals surface area contributed by atoms with Crippen molar-refractivity contribution in [3.8, 4) is 0 Å². The molecule has 1 aliphatic heterocycles. The first-order valence-electron chi connectivity index (χ1n) is 10.7. The molecule has 0 bridgehead atoms. The first-order chi connectivity index (χ1) is 16.0. The quantitative estimate of drug-likeness (QED) is 0.346.